The highest BCUT2D eigenvalue weighted by Crippen LogP contribution is 2.31. The van der Waals surface area contributed by atoms with Crippen molar-refractivity contribution in [3.05, 3.63) is 33.9 Å². The Morgan fingerprint density at radius 2 is 2.18 bits per heavy atom. The fraction of sp³-hybridized carbons (Fsp3) is 0.400. The van der Waals surface area contributed by atoms with Crippen LogP contribution in [0.3, 0.4) is 0 Å². The van der Waals surface area contributed by atoms with E-state index in [1.807, 2.05) is 0 Å². The average molecular weight is 306 g/mol. The Labute approximate surface area is 106 Å². The van der Waals surface area contributed by atoms with Crippen molar-refractivity contribution in [2.24, 2.45) is 0 Å². The normalized spacial score (nSPS) is 14.1. The van der Waals surface area contributed by atoms with Gasteiger partial charge in [-0.3, -0.25) is 10.1 Å². The van der Waals surface area contributed by atoms with Gasteiger partial charge in [-0.05, 0) is 12.1 Å². The van der Waals surface area contributed by atoms with Gasteiger partial charge in [0.2, 0.25) is 0 Å². The number of hydrogen-bond donors (Lipinski definition) is 2. The van der Waals surface area contributed by atoms with E-state index < -0.39 is 17.1 Å². The van der Waals surface area contributed by atoms with E-state index in [-0.39, 0.29) is 16.6 Å². The van der Waals surface area contributed by atoms with E-state index >= 15 is 0 Å². The molecule has 1 aromatic carbocycles. The second-order valence-electron chi connectivity index (χ2n) is 3.35. The number of hydrogen-bond acceptors (Lipinski definition) is 5. The number of methoxy groups -OCH3 is 1. The topological polar surface area (TPSA) is 92.8 Å². The predicted molar refractivity (Wildman–Crippen MR) is 64.4 cm³/mol. The smallest absolute Gasteiger partial charge is 0.279 e. The third-order valence-corrected chi connectivity index (χ3v) is 2.94. The van der Waals surface area contributed by atoms with E-state index in [1.54, 1.807) is 0 Å². The molecule has 0 radical (unpaired) electrons. The molecule has 94 valence electrons. The molecular formula is C10H12BrNO5. The highest BCUT2D eigenvalue weighted by Gasteiger charge is 2.26. The minimum Gasteiger partial charge on any atom is -0.497 e. The van der Waals surface area contributed by atoms with Gasteiger partial charge in [-0.2, -0.15) is 0 Å². The fourth-order valence-corrected chi connectivity index (χ4v) is 1.70. The zero-order valence-corrected chi connectivity index (χ0v) is 10.6. The van der Waals surface area contributed by atoms with E-state index in [9.17, 15) is 20.3 Å². The lowest BCUT2D eigenvalue weighted by Crippen LogP contribution is -2.20. The van der Waals surface area contributed by atoms with Gasteiger partial charge < -0.3 is 14.9 Å². The van der Waals surface area contributed by atoms with Gasteiger partial charge in [0, 0.05) is 5.33 Å². The Morgan fingerprint density at radius 3 is 2.65 bits per heavy atom. The SMILES string of the molecule is COc1ccc(C(O)C(O)CBr)c([N+](=O)[O-])c1. The molecule has 2 N–H and O–H groups in total. The molecule has 6 nitrogen and oxygen atoms in total. The largest absolute Gasteiger partial charge is 0.497 e. The maximum atomic E-state index is 10.9. The van der Waals surface area contributed by atoms with Crippen molar-refractivity contribution in [2.75, 3.05) is 12.4 Å². The molecule has 7 heteroatoms. The van der Waals surface area contributed by atoms with E-state index in [4.69, 9.17) is 4.74 Å². The van der Waals surface area contributed by atoms with Gasteiger partial charge in [0.1, 0.15) is 11.9 Å². The first-order valence-electron chi connectivity index (χ1n) is 4.75. The number of benzene rings is 1. The maximum Gasteiger partial charge on any atom is 0.279 e. The molecule has 0 aliphatic carbocycles. The van der Waals surface area contributed by atoms with Gasteiger partial charge in [-0.1, -0.05) is 15.9 Å². The minimum atomic E-state index is -1.32. The second kappa shape index (κ2) is 5.95. The highest BCUT2D eigenvalue weighted by atomic mass is 79.9. The summed E-state index contributed by atoms with van der Waals surface area (Å²) < 4.78 is 4.87. The van der Waals surface area contributed by atoms with Crippen LogP contribution in [-0.2, 0) is 0 Å². The van der Waals surface area contributed by atoms with Gasteiger partial charge in [-0.15, -0.1) is 0 Å². The summed E-state index contributed by atoms with van der Waals surface area (Å²) in [5.74, 6) is 0.320. The number of aliphatic hydroxyl groups excluding tert-OH is 2. The third-order valence-electron chi connectivity index (χ3n) is 2.28. The van der Waals surface area contributed by atoms with Crippen LogP contribution in [0.5, 0.6) is 5.75 Å². The van der Waals surface area contributed by atoms with E-state index in [0.717, 1.165) is 0 Å². The quantitative estimate of drug-likeness (QED) is 0.487. The number of nitro benzene ring substituents is 1. The Balaban J connectivity index is 3.18. The second-order valence-corrected chi connectivity index (χ2v) is 4.00. The van der Waals surface area contributed by atoms with Crippen molar-refractivity contribution >= 4 is 21.6 Å². The van der Waals surface area contributed by atoms with E-state index in [1.165, 1.54) is 25.3 Å². The molecule has 0 aliphatic rings. The Bertz CT molecular complexity index is 412. The minimum absolute atomic E-state index is 0.0581. The summed E-state index contributed by atoms with van der Waals surface area (Å²) in [4.78, 5) is 10.2. The summed E-state index contributed by atoms with van der Waals surface area (Å²) in [6.07, 6.45) is -2.43. The van der Waals surface area contributed by atoms with E-state index in [0.29, 0.717) is 5.75 Å². The van der Waals surface area contributed by atoms with Crippen LogP contribution in [0.25, 0.3) is 0 Å². The summed E-state index contributed by atoms with van der Waals surface area (Å²) in [5.41, 5.74) is -0.223. The number of nitro groups is 1. The van der Waals surface area contributed by atoms with E-state index in [2.05, 4.69) is 15.9 Å². The molecule has 0 heterocycles. The van der Waals surface area contributed by atoms with Crippen molar-refractivity contribution in [1.29, 1.82) is 0 Å². The first-order chi connectivity index (χ1) is 8.01. The van der Waals surface area contributed by atoms with Gasteiger partial charge in [-0.25, -0.2) is 0 Å². The average Bonchev–Trinajstić information content (AvgIpc) is 2.35. The molecule has 0 fully saturated rings. The standard InChI is InChI=1S/C10H12BrNO5/c1-17-6-2-3-7(8(4-6)12(15)16)10(14)9(13)5-11/h2-4,9-10,13-14H,5H2,1H3. The van der Waals surface area contributed by atoms with Crippen LogP contribution in [-0.4, -0.2) is 33.7 Å². The van der Waals surface area contributed by atoms with Crippen LogP contribution in [0.1, 0.15) is 11.7 Å². The monoisotopic (exact) mass is 305 g/mol. The number of halogens is 1. The van der Waals surface area contributed by atoms with Crippen molar-refractivity contribution in [3.8, 4) is 5.75 Å². The van der Waals surface area contributed by atoms with Crippen molar-refractivity contribution in [3.63, 3.8) is 0 Å². The Hall–Kier alpha value is -1.18. The molecule has 0 aliphatic heterocycles. The van der Waals surface area contributed by atoms with Crippen molar-refractivity contribution < 1.29 is 19.9 Å². The van der Waals surface area contributed by atoms with Crippen LogP contribution >= 0.6 is 15.9 Å². The molecule has 17 heavy (non-hydrogen) atoms. The molecule has 0 bridgehead atoms. The molecule has 0 saturated heterocycles. The zero-order chi connectivity index (χ0) is 13.0. The molecule has 1 aromatic rings. The molecule has 2 unspecified atom stereocenters. The van der Waals surface area contributed by atoms with Gasteiger partial charge in [0.15, 0.2) is 0 Å². The highest BCUT2D eigenvalue weighted by molar-refractivity contribution is 9.09. The lowest BCUT2D eigenvalue weighted by molar-refractivity contribution is -0.386. The van der Waals surface area contributed by atoms with Gasteiger partial charge >= 0.3 is 0 Å². The molecule has 0 spiro atoms. The number of alkyl halides is 1. The summed E-state index contributed by atoms with van der Waals surface area (Å²) in [6.45, 7) is 0. The fourth-order valence-electron chi connectivity index (χ4n) is 1.35. The number of rotatable bonds is 5. The van der Waals surface area contributed by atoms with Crippen LogP contribution in [0.4, 0.5) is 5.69 Å². The van der Waals surface area contributed by atoms with Gasteiger partial charge in [0.25, 0.3) is 5.69 Å². The Morgan fingerprint density at radius 1 is 1.53 bits per heavy atom. The predicted octanol–water partition coefficient (Wildman–Crippen LogP) is 1.39. The molecule has 1 rings (SSSR count). The van der Waals surface area contributed by atoms with Crippen molar-refractivity contribution in [2.45, 2.75) is 12.2 Å². The van der Waals surface area contributed by atoms with Crippen molar-refractivity contribution in [1.82, 2.24) is 0 Å². The summed E-state index contributed by atoms with van der Waals surface area (Å²) in [5, 5.41) is 30.2. The molecule has 0 saturated carbocycles. The number of ether oxygens (including phenoxy) is 1. The third kappa shape index (κ3) is 3.15. The zero-order valence-electron chi connectivity index (χ0n) is 9.04. The summed E-state index contributed by atoms with van der Waals surface area (Å²) in [6, 6.07) is 4.07. The summed E-state index contributed by atoms with van der Waals surface area (Å²) in [7, 11) is 1.39. The van der Waals surface area contributed by atoms with Crippen LogP contribution in [0, 0.1) is 10.1 Å². The molecule has 2 atom stereocenters. The van der Waals surface area contributed by atoms with Gasteiger partial charge in [0.05, 0.1) is 29.8 Å². The lowest BCUT2D eigenvalue weighted by Gasteiger charge is -2.16. The first-order valence-corrected chi connectivity index (χ1v) is 5.87. The van der Waals surface area contributed by atoms with Crippen LogP contribution < -0.4 is 4.74 Å². The molecular weight excluding hydrogens is 294 g/mol. The molecule has 0 amide bonds. The summed E-state index contributed by atoms with van der Waals surface area (Å²) >= 11 is 3.00. The Kier molecular flexibility index (Phi) is 4.86. The first kappa shape index (κ1) is 13.9. The van der Waals surface area contributed by atoms with Crippen LogP contribution in [0.15, 0.2) is 18.2 Å². The lowest BCUT2D eigenvalue weighted by atomic mass is 10.0. The van der Waals surface area contributed by atoms with Crippen LogP contribution in [0.2, 0.25) is 0 Å². The number of aliphatic hydroxyl groups is 2. The maximum absolute atomic E-state index is 10.9. The molecule has 0 aromatic heterocycles. The number of nitrogens with zero attached hydrogens (tertiary/aromatic N) is 1.